The Kier molecular flexibility index (Phi) is 3.89. The van der Waals surface area contributed by atoms with Crippen LogP contribution in [0.4, 0.5) is 5.69 Å². The minimum atomic E-state index is -0.417. The molecule has 0 amide bonds. The summed E-state index contributed by atoms with van der Waals surface area (Å²) in [6, 6.07) is 13.8. The average Bonchev–Trinajstić information content (AvgIpc) is 2.39. The summed E-state index contributed by atoms with van der Waals surface area (Å²) in [5.41, 5.74) is 1.98. The summed E-state index contributed by atoms with van der Waals surface area (Å²) in [5.74, 6) is 0. The van der Waals surface area contributed by atoms with Gasteiger partial charge in [-0.1, -0.05) is 35.9 Å². The molecule has 0 aliphatic heterocycles. The van der Waals surface area contributed by atoms with E-state index in [1.165, 1.54) is 12.1 Å². The van der Waals surface area contributed by atoms with Gasteiger partial charge in [-0.05, 0) is 23.3 Å². The Labute approximate surface area is 115 Å². The van der Waals surface area contributed by atoms with Crippen LogP contribution in [0.3, 0.4) is 0 Å². The van der Waals surface area contributed by atoms with Crippen molar-refractivity contribution in [1.29, 1.82) is 0 Å². The van der Waals surface area contributed by atoms with Crippen LogP contribution in [0.1, 0.15) is 16.4 Å². The molecule has 0 N–H and O–H groups in total. The predicted octanol–water partition coefficient (Wildman–Crippen LogP) is 4.27. The average molecular weight is 280 g/mol. The standard InChI is InChI=1S/C13H10ClNO2S/c14-11-5-1-9(2-6-11)13(18)10-3-7-12(8-4-10)15(16)17/h1-8,13,18H. The monoisotopic (exact) mass is 279 g/mol. The summed E-state index contributed by atoms with van der Waals surface area (Å²) >= 11 is 10.3. The van der Waals surface area contributed by atoms with Crippen molar-refractivity contribution in [3.05, 3.63) is 74.8 Å². The van der Waals surface area contributed by atoms with Crippen molar-refractivity contribution in [2.24, 2.45) is 0 Å². The Balaban J connectivity index is 2.25. The molecule has 0 spiro atoms. The van der Waals surface area contributed by atoms with Gasteiger partial charge in [-0.15, -0.1) is 0 Å². The maximum atomic E-state index is 10.6. The molecule has 0 aromatic heterocycles. The highest BCUT2D eigenvalue weighted by Crippen LogP contribution is 2.30. The zero-order valence-corrected chi connectivity index (χ0v) is 10.9. The smallest absolute Gasteiger partial charge is 0.258 e. The summed E-state index contributed by atoms with van der Waals surface area (Å²) < 4.78 is 0. The maximum Gasteiger partial charge on any atom is 0.269 e. The van der Waals surface area contributed by atoms with Crippen molar-refractivity contribution >= 4 is 29.9 Å². The number of rotatable bonds is 3. The van der Waals surface area contributed by atoms with Crippen LogP contribution in [0.2, 0.25) is 5.02 Å². The first kappa shape index (κ1) is 12.9. The molecule has 0 aliphatic rings. The van der Waals surface area contributed by atoms with E-state index in [1.54, 1.807) is 24.3 Å². The van der Waals surface area contributed by atoms with Gasteiger partial charge in [0.05, 0.1) is 10.2 Å². The molecule has 0 saturated heterocycles. The second-order valence-corrected chi connectivity index (χ2v) is 4.76. The van der Waals surface area contributed by atoms with E-state index in [2.05, 4.69) is 12.6 Å². The number of halogens is 1. The lowest BCUT2D eigenvalue weighted by molar-refractivity contribution is -0.384. The zero-order chi connectivity index (χ0) is 13.1. The normalized spacial score (nSPS) is 12.1. The van der Waals surface area contributed by atoms with Gasteiger partial charge in [0.1, 0.15) is 0 Å². The van der Waals surface area contributed by atoms with Crippen LogP contribution in [0, 0.1) is 10.1 Å². The highest BCUT2D eigenvalue weighted by atomic mass is 35.5. The third-order valence-corrected chi connectivity index (χ3v) is 3.45. The molecular formula is C13H10ClNO2S. The molecule has 1 atom stereocenters. The molecule has 3 nitrogen and oxygen atoms in total. The van der Waals surface area contributed by atoms with E-state index in [9.17, 15) is 10.1 Å². The molecule has 18 heavy (non-hydrogen) atoms. The second-order valence-electron chi connectivity index (χ2n) is 3.80. The van der Waals surface area contributed by atoms with Crippen molar-refractivity contribution < 1.29 is 4.92 Å². The lowest BCUT2D eigenvalue weighted by atomic mass is 10.0. The van der Waals surface area contributed by atoms with Gasteiger partial charge >= 0.3 is 0 Å². The molecule has 2 aromatic carbocycles. The molecule has 1 unspecified atom stereocenters. The first-order valence-electron chi connectivity index (χ1n) is 5.26. The van der Waals surface area contributed by atoms with E-state index in [0.29, 0.717) is 5.02 Å². The number of hydrogen-bond donors (Lipinski definition) is 1. The summed E-state index contributed by atoms with van der Waals surface area (Å²) in [4.78, 5) is 10.1. The van der Waals surface area contributed by atoms with E-state index >= 15 is 0 Å². The van der Waals surface area contributed by atoms with Crippen molar-refractivity contribution in [3.8, 4) is 0 Å². The van der Waals surface area contributed by atoms with Gasteiger partial charge in [-0.25, -0.2) is 0 Å². The van der Waals surface area contributed by atoms with Gasteiger partial charge in [0.25, 0.3) is 5.69 Å². The molecule has 0 aliphatic carbocycles. The van der Waals surface area contributed by atoms with Gasteiger partial charge in [0.15, 0.2) is 0 Å². The van der Waals surface area contributed by atoms with Gasteiger partial charge in [-0.2, -0.15) is 12.6 Å². The first-order valence-corrected chi connectivity index (χ1v) is 6.15. The summed E-state index contributed by atoms with van der Waals surface area (Å²) in [7, 11) is 0. The van der Waals surface area contributed by atoms with Crippen LogP contribution >= 0.6 is 24.2 Å². The fourth-order valence-corrected chi connectivity index (χ4v) is 2.09. The highest BCUT2D eigenvalue weighted by molar-refractivity contribution is 7.80. The van der Waals surface area contributed by atoms with Gasteiger partial charge in [-0.3, -0.25) is 10.1 Å². The Morgan fingerprint density at radius 3 is 1.89 bits per heavy atom. The summed E-state index contributed by atoms with van der Waals surface area (Å²) in [6.45, 7) is 0. The van der Waals surface area contributed by atoms with Crippen LogP contribution in [0.25, 0.3) is 0 Å². The topological polar surface area (TPSA) is 43.1 Å². The van der Waals surface area contributed by atoms with E-state index < -0.39 is 4.92 Å². The largest absolute Gasteiger partial charge is 0.269 e. The molecular weight excluding hydrogens is 270 g/mol. The van der Waals surface area contributed by atoms with E-state index in [1.807, 2.05) is 12.1 Å². The van der Waals surface area contributed by atoms with Crippen molar-refractivity contribution in [3.63, 3.8) is 0 Å². The molecule has 0 saturated carbocycles. The van der Waals surface area contributed by atoms with Gasteiger partial charge in [0.2, 0.25) is 0 Å². The van der Waals surface area contributed by atoms with E-state index in [0.717, 1.165) is 11.1 Å². The van der Waals surface area contributed by atoms with Gasteiger partial charge in [0, 0.05) is 17.2 Å². The number of hydrogen-bond acceptors (Lipinski definition) is 3. The second kappa shape index (κ2) is 5.42. The SMILES string of the molecule is O=[N+]([O-])c1ccc(C(S)c2ccc(Cl)cc2)cc1. The molecule has 92 valence electrons. The lowest BCUT2D eigenvalue weighted by Crippen LogP contribution is -1.94. The fourth-order valence-electron chi connectivity index (χ4n) is 1.62. The Hall–Kier alpha value is -1.52. The third-order valence-electron chi connectivity index (χ3n) is 2.61. The molecule has 0 radical (unpaired) electrons. The highest BCUT2D eigenvalue weighted by Gasteiger charge is 2.11. The Bertz CT molecular complexity index is 554. The molecule has 5 heteroatoms. The van der Waals surface area contributed by atoms with Crippen LogP contribution in [0.15, 0.2) is 48.5 Å². The number of non-ortho nitro benzene ring substituents is 1. The quantitative estimate of drug-likeness (QED) is 0.518. The van der Waals surface area contributed by atoms with Crippen molar-refractivity contribution in [2.75, 3.05) is 0 Å². The van der Waals surface area contributed by atoms with Crippen LogP contribution in [-0.2, 0) is 0 Å². The molecule has 0 bridgehead atoms. The fraction of sp³-hybridized carbons (Fsp3) is 0.0769. The summed E-state index contributed by atoms with van der Waals surface area (Å²) in [6.07, 6.45) is 0. The maximum absolute atomic E-state index is 10.6. The molecule has 0 fully saturated rings. The molecule has 2 rings (SSSR count). The van der Waals surface area contributed by atoms with E-state index in [4.69, 9.17) is 11.6 Å². The number of benzene rings is 2. The van der Waals surface area contributed by atoms with Crippen LogP contribution < -0.4 is 0 Å². The number of nitro groups is 1. The predicted molar refractivity (Wildman–Crippen MR) is 75.4 cm³/mol. The Morgan fingerprint density at radius 1 is 1.00 bits per heavy atom. The lowest BCUT2D eigenvalue weighted by Gasteiger charge is -2.11. The van der Waals surface area contributed by atoms with Crippen LogP contribution in [0.5, 0.6) is 0 Å². The zero-order valence-electron chi connectivity index (χ0n) is 9.29. The van der Waals surface area contributed by atoms with Crippen molar-refractivity contribution in [1.82, 2.24) is 0 Å². The molecule has 2 aromatic rings. The minimum Gasteiger partial charge on any atom is -0.258 e. The third kappa shape index (κ3) is 2.83. The van der Waals surface area contributed by atoms with Crippen molar-refractivity contribution in [2.45, 2.75) is 5.25 Å². The number of nitrogens with zero attached hydrogens (tertiary/aromatic N) is 1. The van der Waals surface area contributed by atoms with Crippen LogP contribution in [-0.4, -0.2) is 4.92 Å². The molecule has 0 heterocycles. The Morgan fingerprint density at radius 2 is 1.44 bits per heavy atom. The first-order chi connectivity index (χ1) is 8.58. The van der Waals surface area contributed by atoms with Gasteiger partial charge < -0.3 is 0 Å². The minimum absolute atomic E-state index is 0.0791. The number of thiol groups is 1. The number of nitro benzene ring substituents is 1. The van der Waals surface area contributed by atoms with E-state index in [-0.39, 0.29) is 10.9 Å². The summed E-state index contributed by atoms with van der Waals surface area (Å²) in [5, 5.41) is 11.1.